The Morgan fingerprint density at radius 1 is 0.895 bits per heavy atom. The Morgan fingerprint density at radius 3 is 2.32 bits per heavy atom. The zero-order chi connectivity index (χ0) is 13.7. The maximum atomic E-state index is 14.2. The van der Waals surface area contributed by atoms with Crippen molar-refractivity contribution in [2.24, 2.45) is 0 Å². The Bertz CT molecular complexity index is 555. The molecule has 0 unspecified atom stereocenters. The van der Waals surface area contributed by atoms with E-state index in [0.717, 1.165) is 0 Å². The second-order valence-corrected chi connectivity index (χ2v) is 3.87. The van der Waals surface area contributed by atoms with Gasteiger partial charge in [-0.15, -0.1) is 0 Å². The molecule has 0 atom stereocenters. The molecule has 0 aliphatic carbocycles. The molecule has 3 nitrogen and oxygen atoms in total. The van der Waals surface area contributed by atoms with E-state index in [1.54, 1.807) is 30.3 Å². The van der Waals surface area contributed by atoms with Crippen molar-refractivity contribution < 1.29 is 18.6 Å². The molecule has 0 aliphatic heterocycles. The van der Waals surface area contributed by atoms with Gasteiger partial charge in [-0.1, -0.05) is 30.3 Å². The highest BCUT2D eigenvalue weighted by Gasteiger charge is 2.13. The zero-order valence-corrected chi connectivity index (χ0v) is 10.9. The predicted molar refractivity (Wildman–Crippen MR) is 70.9 cm³/mol. The highest BCUT2D eigenvalue weighted by Crippen LogP contribution is 2.34. The summed E-state index contributed by atoms with van der Waals surface area (Å²) in [4.78, 5) is 0. The van der Waals surface area contributed by atoms with Crippen LogP contribution in [-0.2, 0) is 4.74 Å². The first-order valence-corrected chi connectivity index (χ1v) is 5.81. The van der Waals surface area contributed by atoms with Crippen LogP contribution >= 0.6 is 0 Å². The predicted octanol–water partition coefficient (Wildman–Crippen LogP) is 3.48. The van der Waals surface area contributed by atoms with Gasteiger partial charge in [0.25, 0.3) is 0 Å². The Morgan fingerprint density at radius 2 is 1.58 bits per heavy atom. The van der Waals surface area contributed by atoms with Gasteiger partial charge in [0.2, 0.25) is 0 Å². The molecule has 2 rings (SSSR count). The molecule has 0 N–H and O–H groups in total. The number of hydrogen-bond donors (Lipinski definition) is 0. The monoisotopic (exact) mass is 262 g/mol. The largest absolute Gasteiger partial charge is 0.494 e. The maximum Gasteiger partial charge on any atom is 0.188 e. The minimum Gasteiger partial charge on any atom is -0.494 e. The van der Waals surface area contributed by atoms with E-state index >= 15 is 0 Å². The second-order valence-electron chi connectivity index (χ2n) is 3.87. The van der Waals surface area contributed by atoms with Gasteiger partial charge in [-0.05, 0) is 12.1 Å². The van der Waals surface area contributed by atoms with Crippen LogP contribution < -0.4 is 9.47 Å². The lowest BCUT2D eigenvalue weighted by Gasteiger charge is -2.12. The zero-order valence-electron chi connectivity index (χ0n) is 10.9. The molecule has 0 heterocycles. The van der Waals surface area contributed by atoms with E-state index in [-0.39, 0.29) is 12.5 Å². The fourth-order valence-electron chi connectivity index (χ4n) is 1.81. The standard InChI is InChI=1S/C15H15FO3/c1-17-10-19-13-8-4-3-6-11(13)12-7-5-9-14(18-2)15(12)16/h3-9H,10H2,1-2H3. The average Bonchev–Trinajstić information content (AvgIpc) is 2.46. The number of methoxy groups -OCH3 is 2. The van der Waals surface area contributed by atoms with E-state index in [1.165, 1.54) is 14.2 Å². The number of benzene rings is 2. The molecule has 0 saturated heterocycles. The Balaban J connectivity index is 2.46. The van der Waals surface area contributed by atoms with Gasteiger partial charge in [0.1, 0.15) is 5.75 Å². The van der Waals surface area contributed by atoms with E-state index < -0.39 is 5.82 Å². The average molecular weight is 262 g/mol. The van der Waals surface area contributed by atoms with Crippen molar-refractivity contribution in [3.63, 3.8) is 0 Å². The summed E-state index contributed by atoms with van der Waals surface area (Å²) in [5, 5.41) is 0. The van der Waals surface area contributed by atoms with E-state index in [4.69, 9.17) is 14.2 Å². The molecular weight excluding hydrogens is 247 g/mol. The van der Waals surface area contributed by atoms with Crippen molar-refractivity contribution in [2.75, 3.05) is 21.0 Å². The topological polar surface area (TPSA) is 27.7 Å². The molecule has 19 heavy (non-hydrogen) atoms. The van der Waals surface area contributed by atoms with Gasteiger partial charge in [-0.25, -0.2) is 4.39 Å². The summed E-state index contributed by atoms with van der Waals surface area (Å²) in [6.45, 7) is 0.114. The van der Waals surface area contributed by atoms with Crippen LogP contribution in [0.1, 0.15) is 0 Å². The molecule has 0 spiro atoms. The van der Waals surface area contributed by atoms with Gasteiger partial charge in [0.15, 0.2) is 18.4 Å². The molecule has 0 aromatic heterocycles. The third-order valence-corrected chi connectivity index (χ3v) is 2.69. The fraction of sp³-hybridized carbons (Fsp3) is 0.200. The van der Waals surface area contributed by atoms with Crippen molar-refractivity contribution in [3.05, 3.63) is 48.3 Å². The molecule has 0 amide bonds. The summed E-state index contributed by atoms with van der Waals surface area (Å²) >= 11 is 0. The van der Waals surface area contributed by atoms with Gasteiger partial charge >= 0.3 is 0 Å². The molecule has 4 heteroatoms. The molecule has 0 bridgehead atoms. The molecule has 0 fully saturated rings. The van der Waals surface area contributed by atoms with Crippen molar-refractivity contribution in [1.82, 2.24) is 0 Å². The van der Waals surface area contributed by atoms with Crippen LogP contribution in [0.25, 0.3) is 11.1 Å². The van der Waals surface area contributed by atoms with Crippen molar-refractivity contribution in [1.29, 1.82) is 0 Å². The molecule has 0 radical (unpaired) electrons. The van der Waals surface area contributed by atoms with Crippen LogP contribution in [0, 0.1) is 5.82 Å². The summed E-state index contributed by atoms with van der Waals surface area (Å²) in [6.07, 6.45) is 0. The molecule has 0 aliphatic rings. The van der Waals surface area contributed by atoms with Gasteiger partial charge in [0, 0.05) is 18.2 Å². The lowest BCUT2D eigenvalue weighted by atomic mass is 10.0. The first-order chi connectivity index (χ1) is 9.27. The summed E-state index contributed by atoms with van der Waals surface area (Å²) in [5.41, 5.74) is 1.10. The van der Waals surface area contributed by atoms with Gasteiger partial charge in [-0.2, -0.15) is 0 Å². The van der Waals surface area contributed by atoms with Crippen molar-refractivity contribution in [3.8, 4) is 22.6 Å². The van der Waals surface area contributed by atoms with Crippen molar-refractivity contribution >= 4 is 0 Å². The van der Waals surface area contributed by atoms with Crippen LogP contribution in [0.2, 0.25) is 0 Å². The number of para-hydroxylation sites is 1. The summed E-state index contributed by atoms with van der Waals surface area (Å²) in [6, 6.07) is 12.2. The quantitative estimate of drug-likeness (QED) is 0.772. The SMILES string of the molecule is COCOc1ccccc1-c1cccc(OC)c1F. The van der Waals surface area contributed by atoms with Crippen LogP contribution in [-0.4, -0.2) is 21.0 Å². The number of hydrogen-bond acceptors (Lipinski definition) is 3. The Hall–Kier alpha value is -2.07. The van der Waals surface area contributed by atoms with E-state index in [0.29, 0.717) is 16.9 Å². The number of ether oxygens (including phenoxy) is 3. The van der Waals surface area contributed by atoms with Crippen LogP contribution in [0.15, 0.2) is 42.5 Å². The van der Waals surface area contributed by atoms with Crippen LogP contribution in [0.4, 0.5) is 4.39 Å². The molecule has 0 saturated carbocycles. The lowest BCUT2D eigenvalue weighted by Crippen LogP contribution is -2.01. The first-order valence-electron chi connectivity index (χ1n) is 5.81. The van der Waals surface area contributed by atoms with Gasteiger partial charge in [-0.3, -0.25) is 0 Å². The van der Waals surface area contributed by atoms with E-state index in [9.17, 15) is 4.39 Å². The second kappa shape index (κ2) is 6.20. The molecular formula is C15H15FO3. The summed E-state index contributed by atoms with van der Waals surface area (Å²) in [7, 11) is 2.98. The van der Waals surface area contributed by atoms with Crippen LogP contribution in [0.5, 0.6) is 11.5 Å². The van der Waals surface area contributed by atoms with Gasteiger partial charge < -0.3 is 14.2 Å². The summed E-state index contributed by atoms with van der Waals surface area (Å²) < 4.78 is 29.5. The number of halogens is 1. The molecule has 2 aromatic carbocycles. The van der Waals surface area contributed by atoms with Gasteiger partial charge in [0.05, 0.1) is 7.11 Å². The lowest BCUT2D eigenvalue weighted by molar-refractivity contribution is 0.0515. The highest BCUT2D eigenvalue weighted by molar-refractivity contribution is 5.72. The van der Waals surface area contributed by atoms with E-state index in [1.807, 2.05) is 12.1 Å². The minimum absolute atomic E-state index is 0.114. The normalized spacial score (nSPS) is 10.3. The molecule has 2 aromatic rings. The first kappa shape index (κ1) is 13.4. The molecule has 100 valence electrons. The Labute approximate surface area is 111 Å². The van der Waals surface area contributed by atoms with Crippen molar-refractivity contribution in [2.45, 2.75) is 0 Å². The third kappa shape index (κ3) is 2.85. The fourth-order valence-corrected chi connectivity index (χ4v) is 1.81. The minimum atomic E-state index is -0.404. The Kier molecular flexibility index (Phi) is 4.36. The highest BCUT2D eigenvalue weighted by atomic mass is 19.1. The summed E-state index contributed by atoms with van der Waals surface area (Å²) in [5.74, 6) is 0.369. The smallest absolute Gasteiger partial charge is 0.188 e. The third-order valence-electron chi connectivity index (χ3n) is 2.69. The maximum absolute atomic E-state index is 14.2. The van der Waals surface area contributed by atoms with E-state index in [2.05, 4.69) is 0 Å². The van der Waals surface area contributed by atoms with Crippen LogP contribution in [0.3, 0.4) is 0 Å². The number of rotatable bonds is 5.